The van der Waals surface area contributed by atoms with E-state index in [1.54, 1.807) is 0 Å². The number of rotatable bonds is 1. The zero-order valence-corrected chi connectivity index (χ0v) is 10.5. The van der Waals surface area contributed by atoms with Gasteiger partial charge in [-0.15, -0.1) is 0 Å². The van der Waals surface area contributed by atoms with E-state index in [2.05, 4.69) is 0 Å². The lowest BCUT2D eigenvalue weighted by Gasteiger charge is -2.15. The lowest BCUT2D eigenvalue weighted by molar-refractivity contribution is -0.137. The van der Waals surface area contributed by atoms with Gasteiger partial charge in [0.05, 0.1) is 11.3 Å². The Bertz CT molecular complexity index is 569. The highest BCUT2D eigenvalue weighted by Gasteiger charge is 2.38. The monoisotopic (exact) mass is 309 g/mol. The second-order valence-electron chi connectivity index (χ2n) is 3.62. The summed E-state index contributed by atoms with van der Waals surface area (Å²) < 4.78 is 37.1. The van der Waals surface area contributed by atoms with Crippen LogP contribution in [0, 0.1) is 0 Å². The maximum Gasteiger partial charge on any atom is 0.416 e. The highest BCUT2D eigenvalue weighted by atomic mass is 35.5. The van der Waals surface area contributed by atoms with Gasteiger partial charge in [-0.25, -0.2) is 4.90 Å². The van der Waals surface area contributed by atoms with Crippen molar-refractivity contribution in [2.45, 2.75) is 6.18 Å². The molecule has 0 unspecified atom stereocenters. The van der Waals surface area contributed by atoms with Gasteiger partial charge in [-0.3, -0.25) is 9.59 Å². The number of carbonyl (C=O) groups excluding carboxylic acids is 2. The van der Waals surface area contributed by atoms with Gasteiger partial charge < -0.3 is 0 Å². The first-order valence-corrected chi connectivity index (χ1v) is 5.60. The zero-order valence-electron chi connectivity index (χ0n) is 8.96. The molecule has 1 aliphatic rings. The number of nitrogens with zero attached hydrogens (tertiary/aromatic N) is 1. The Morgan fingerprint density at radius 1 is 0.895 bits per heavy atom. The Morgan fingerprint density at radius 3 is 1.68 bits per heavy atom. The van der Waals surface area contributed by atoms with Gasteiger partial charge in [0.1, 0.15) is 10.1 Å². The summed E-state index contributed by atoms with van der Waals surface area (Å²) in [5.41, 5.74) is -0.919. The van der Waals surface area contributed by atoms with E-state index in [9.17, 15) is 22.8 Å². The standard InChI is InChI=1S/C11H4Cl2F3NO2/c12-7-8(13)10(19)17(9(7)18)6-3-1-5(2-4-6)11(14,15)16/h1-4H. The molecule has 0 N–H and O–H groups in total. The lowest BCUT2D eigenvalue weighted by atomic mass is 10.2. The van der Waals surface area contributed by atoms with Crippen LogP contribution in [-0.4, -0.2) is 11.8 Å². The zero-order chi connectivity index (χ0) is 14.4. The minimum atomic E-state index is -4.49. The Kier molecular flexibility index (Phi) is 3.32. The molecular weight excluding hydrogens is 306 g/mol. The van der Waals surface area contributed by atoms with Crippen LogP contribution in [0.25, 0.3) is 0 Å². The van der Waals surface area contributed by atoms with Crippen LogP contribution in [0.2, 0.25) is 0 Å². The Hall–Kier alpha value is -1.53. The number of halogens is 5. The Balaban J connectivity index is 2.36. The summed E-state index contributed by atoms with van der Waals surface area (Å²) in [7, 11) is 0. The molecule has 1 aliphatic heterocycles. The van der Waals surface area contributed by atoms with Crippen molar-refractivity contribution >= 4 is 40.7 Å². The topological polar surface area (TPSA) is 37.4 Å². The normalized spacial score (nSPS) is 16.6. The van der Waals surface area contributed by atoms with E-state index in [1.165, 1.54) is 0 Å². The first-order chi connectivity index (χ1) is 8.73. The van der Waals surface area contributed by atoms with Crippen LogP contribution in [0.1, 0.15) is 5.56 Å². The fraction of sp³-hybridized carbons (Fsp3) is 0.0909. The molecule has 0 aromatic heterocycles. The molecule has 0 spiro atoms. The summed E-state index contributed by atoms with van der Waals surface area (Å²) in [5, 5.41) is -0.905. The van der Waals surface area contributed by atoms with Crippen LogP contribution >= 0.6 is 23.2 Å². The van der Waals surface area contributed by atoms with Crippen LogP contribution in [0.15, 0.2) is 34.3 Å². The number of alkyl halides is 3. The maximum absolute atomic E-state index is 12.4. The molecule has 1 aromatic rings. The van der Waals surface area contributed by atoms with Gasteiger partial charge in [0.15, 0.2) is 0 Å². The van der Waals surface area contributed by atoms with Crippen molar-refractivity contribution in [3.05, 3.63) is 39.9 Å². The van der Waals surface area contributed by atoms with Crippen molar-refractivity contribution in [2.24, 2.45) is 0 Å². The number of benzene rings is 1. The maximum atomic E-state index is 12.4. The van der Waals surface area contributed by atoms with E-state index in [0.29, 0.717) is 4.90 Å². The number of hydrogen-bond acceptors (Lipinski definition) is 2. The molecule has 19 heavy (non-hydrogen) atoms. The largest absolute Gasteiger partial charge is 0.416 e. The summed E-state index contributed by atoms with van der Waals surface area (Å²) in [6, 6.07) is 3.52. The predicted molar refractivity (Wildman–Crippen MR) is 62.7 cm³/mol. The summed E-state index contributed by atoms with van der Waals surface area (Å²) in [6.45, 7) is 0. The molecular formula is C11H4Cl2F3NO2. The van der Waals surface area contributed by atoms with Gasteiger partial charge in [-0.2, -0.15) is 13.2 Å². The molecule has 0 atom stereocenters. The third-order valence-electron chi connectivity index (χ3n) is 2.43. The van der Waals surface area contributed by atoms with Crippen molar-refractivity contribution in [2.75, 3.05) is 4.90 Å². The second-order valence-corrected chi connectivity index (χ2v) is 4.37. The minimum absolute atomic E-state index is 0.0307. The van der Waals surface area contributed by atoms with Crippen LogP contribution < -0.4 is 4.90 Å². The number of carbonyl (C=O) groups is 2. The van der Waals surface area contributed by atoms with Gasteiger partial charge in [0, 0.05) is 0 Å². The third-order valence-corrected chi connectivity index (χ3v) is 3.23. The first kappa shape index (κ1) is 13.9. The van der Waals surface area contributed by atoms with Gasteiger partial charge in [-0.05, 0) is 24.3 Å². The SMILES string of the molecule is O=C1C(Cl)=C(Cl)C(=O)N1c1ccc(C(F)(F)F)cc1. The quantitative estimate of drug-likeness (QED) is 0.747. The van der Waals surface area contributed by atoms with E-state index in [-0.39, 0.29) is 5.69 Å². The van der Waals surface area contributed by atoms with Crippen molar-refractivity contribution in [3.8, 4) is 0 Å². The molecule has 1 heterocycles. The molecule has 3 nitrogen and oxygen atoms in total. The molecule has 0 saturated carbocycles. The summed E-state index contributed by atoms with van der Waals surface area (Å²) in [5.74, 6) is -1.73. The molecule has 8 heteroatoms. The molecule has 2 amide bonds. The molecule has 0 fully saturated rings. The van der Waals surface area contributed by atoms with Gasteiger partial charge >= 0.3 is 6.18 Å². The van der Waals surface area contributed by atoms with Crippen LogP contribution in [0.5, 0.6) is 0 Å². The first-order valence-electron chi connectivity index (χ1n) is 4.85. The van der Waals surface area contributed by atoms with Gasteiger partial charge in [-0.1, -0.05) is 23.2 Å². The van der Waals surface area contributed by atoms with E-state index < -0.39 is 33.6 Å². The average Bonchev–Trinajstić information content (AvgIpc) is 2.53. The summed E-state index contributed by atoms with van der Waals surface area (Å²) in [4.78, 5) is 23.8. The summed E-state index contributed by atoms with van der Waals surface area (Å²) in [6.07, 6.45) is -4.49. The molecule has 2 rings (SSSR count). The highest BCUT2D eigenvalue weighted by Crippen LogP contribution is 2.34. The van der Waals surface area contributed by atoms with Crippen molar-refractivity contribution in [1.29, 1.82) is 0 Å². The van der Waals surface area contributed by atoms with Crippen LogP contribution in [0.4, 0.5) is 18.9 Å². The number of imide groups is 1. The van der Waals surface area contributed by atoms with Crippen molar-refractivity contribution in [1.82, 2.24) is 0 Å². The van der Waals surface area contributed by atoms with Crippen molar-refractivity contribution in [3.63, 3.8) is 0 Å². The Labute approximate surface area is 115 Å². The fourth-order valence-electron chi connectivity index (χ4n) is 1.51. The molecule has 0 aliphatic carbocycles. The van der Waals surface area contributed by atoms with Crippen molar-refractivity contribution < 1.29 is 22.8 Å². The van der Waals surface area contributed by atoms with Crippen LogP contribution in [0.3, 0.4) is 0 Å². The van der Waals surface area contributed by atoms with Gasteiger partial charge in [0.2, 0.25) is 0 Å². The molecule has 100 valence electrons. The number of anilines is 1. The molecule has 1 aromatic carbocycles. The average molecular weight is 310 g/mol. The van der Waals surface area contributed by atoms with E-state index in [4.69, 9.17) is 23.2 Å². The molecule has 0 saturated heterocycles. The Morgan fingerprint density at radius 2 is 1.32 bits per heavy atom. The lowest BCUT2D eigenvalue weighted by Crippen LogP contribution is -2.30. The second kappa shape index (κ2) is 4.54. The van der Waals surface area contributed by atoms with Gasteiger partial charge in [0.25, 0.3) is 11.8 Å². The number of amides is 2. The number of hydrogen-bond donors (Lipinski definition) is 0. The minimum Gasteiger partial charge on any atom is -0.267 e. The van der Waals surface area contributed by atoms with E-state index >= 15 is 0 Å². The third kappa shape index (κ3) is 2.33. The van der Waals surface area contributed by atoms with Crippen LogP contribution in [-0.2, 0) is 15.8 Å². The molecule has 0 radical (unpaired) electrons. The van der Waals surface area contributed by atoms with E-state index in [1.807, 2.05) is 0 Å². The smallest absolute Gasteiger partial charge is 0.267 e. The van der Waals surface area contributed by atoms with E-state index in [0.717, 1.165) is 24.3 Å². The highest BCUT2D eigenvalue weighted by molar-refractivity contribution is 6.62. The fourth-order valence-corrected chi connectivity index (χ4v) is 1.84. The molecule has 0 bridgehead atoms. The predicted octanol–water partition coefficient (Wildman–Crippen LogP) is 3.27. The summed E-state index contributed by atoms with van der Waals surface area (Å²) >= 11 is 11.0.